The number of hydrogen-bond acceptors (Lipinski definition) is 8. The van der Waals surface area contributed by atoms with Crippen molar-refractivity contribution < 1.29 is 23.5 Å². The first kappa shape index (κ1) is 28.2. The number of nitrogens with one attached hydrogen (secondary N) is 1. The lowest BCUT2D eigenvalue weighted by atomic mass is 10.0. The molecule has 1 unspecified atom stereocenters. The highest BCUT2D eigenvalue weighted by Gasteiger charge is 2.29. The number of rotatable bonds is 11. The van der Waals surface area contributed by atoms with Gasteiger partial charge in [0.2, 0.25) is 11.8 Å². The van der Waals surface area contributed by atoms with Crippen molar-refractivity contribution in [1.82, 2.24) is 25.1 Å². The third kappa shape index (κ3) is 7.20. The second kappa shape index (κ2) is 13.3. The fraction of sp³-hybridized carbons (Fsp3) is 0.483. The topological polar surface area (TPSA) is 118 Å². The lowest BCUT2D eigenvalue weighted by molar-refractivity contribution is -0.147. The molecular formula is C29H37N5O5. The van der Waals surface area contributed by atoms with Crippen LogP contribution in [0.3, 0.4) is 0 Å². The van der Waals surface area contributed by atoms with Gasteiger partial charge in [0.1, 0.15) is 11.8 Å². The minimum atomic E-state index is -0.671. The van der Waals surface area contributed by atoms with E-state index in [9.17, 15) is 14.4 Å². The van der Waals surface area contributed by atoms with Gasteiger partial charge in [0.05, 0.1) is 24.4 Å². The van der Waals surface area contributed by atoms with E-state index in [-0.39, 0.29) is 5.78 Å². The van der Waals surface area contributed by atoms with E-state index in [1.807, 2.05) is 44.3 Å². The van der Waals surface area contributed by atoms with Crippen LogP contribution >= 0.6 is 0 Å². The lowest BCUT2D eigenvalue weighted by Crippen LogP contribution is -2.52. The summed E-state index contributed by atoms with van der Waals surface area (Å²) in [7, 11) is 3.54. The first-order chi connectivity index (χ1) is 18.9. The zero-order valence-corrected chi connectivity index (χ0v) is 22.9. The maximum Gasteiger partial charge on any atom is 0.311 e. The molecule has 4 rings (SSSR count). The van der Waals surface area contributed by atoms with Crippen LogP contribution in [0.25, 0.3) is 22.2 Å². The quantitative estimate of drug-likeness (QED) is 0.291. The molecule has 1 aromatic carbocycles. The smallest absolute Gasteiger partial charge is 0.311 e. The van der Waals surface area contributed by atoms with Crippen LogP contribution in [-0.2, 0) is 14.4 Å². The molecule has 39 heavy (non-hydrogen) atoms. The van der Waals surface area contributed by atoms with Crippen molar-refractivity contribution in [2.24, 2.45) is 0 Å². The monoisotopic (exact) mass is 535 g/mol. The molecule has 1 aliphatic rings. The standard InChI is InChI=1S/C29H37N5O5/c1-4-21(35)11-6-5-7-13-24(31-26(36)29(37)34-16-14-33(2)15-17-34)28-30-19-25(39-28)22-18-20-10-8-9-12-23(20)32-27(22)38-3/h8-10,12,18-19,24H,4-7,11,13-17H2,1-3H3,(H,31,36). The summed E-state index contributed by atoms with van der Waals surface area (Å²) in [5.74, 6) is 0.197. The van der Waals surface area contributed by atoms with E-state index in [1.165, 1.54) is 0 Å². The zero-order chi connectivity index (χ0) is 27.8. The summed E-state index contributed by atoms with van der Waals surface area (Å²) in [4.78, 5) is 50.3. The highest BCUT2D eigenvalue weighted by molar-refractivity contribution is 6.35. The molecule has 3 heterocycles. The molecule has 0 radical (unpaired) electrons. The Kier molecular flexibility index (Phi) is 9.64. The van der Waals surface area contributed by atoms with Crippen LogP contribution in [0.5, 0.6) is 5.88 Å². The number of amides is 2. The molecule has 1 atom stereocenters. The molecule has 0 spiro atoms. The van der Waals surface area contributed by atoms with Crippen LogP contribution in [0.15, 0.2) is 40.9 Å². The number of carbonyl (C=O) groups is 3. The molecule has 208 valence electrons. The molecule has 3 aromatic rings. The largest absolute Gasteiger partial charge is 0.480 e. The Morgan fingerprint density at radius 1 is 1.10 bits per heavy atom. The van der Waals surface area contributed by atoms with Crippen LogP contribution in [0.4, 0.5) is 0 Å². The highest BCUT2D eigenvalue weighted by Crippen LogP contribution is 2.33. The van der Waals surface area contributed by atoms with Crippen LogP contribution < -0.4 is 10.1 Å². The number of hydrogen-bond donors (Lipinski definition) is 1. The molecule has 0 bridgehead atoms. The summed E-state index contributed by atoms with van der Waals surface area (Å²) in [5.41, 5.74) is 1.44. The predicted molar refractivity (Wildman–Crippen MR) is 147 cm³/mol. The lowest BCUT2D eigenvalue weighted by Gasteiger charge is -2.32. The van der Waals surface area contributed by atoms with Crippen molar-refractivity contribution in [3.63, 3.8) is 0 Å². The van der Waals surface area contributed by atoms with Gasteiger partial charge < -0.3 is 24.3 Å². The Bertz CT molecular complexity index is 1300. The molecule has 2 aromatic heterocycles. The molecular weight excluding hydrogens is 498 g/mol. The number of carbonyl (C=O) groups excluding carboxylic acids is 3. The second-order valence-electron chi connectivity index (χ2n) is 9.91. The van der Waals surface area contributed by atoms with E-state index in [2.05, 4.69) is 20.2 Å². The van der Waals surface area contributed by atoms with Gasteiger partial charge in [0.15, 0.2) is 5.76 Å². The number of fused-ring (bicyclic) bond motifs is 1. The highest BCUT2D eigenvalue weighted by atomic mass is 16.5. The maximum absolute atomic E-state index is 13.0. The van der Waals surface area contributed by atoms with Crippen LogP contribution in [-0.4, -0.2) is 77.7 Å². The van der Waals surface area contributed by atoms with Crippen molar-refractivity contribution >= 4 is 28.5 Å². The normalized spacial score (nSPS) is 14.8. The van der Waals surface area contributed by atoms with Gasteiger partial charge in [0, 0.05) is 44.4 Å². The SMILES string of the molecule is CCC(=O)CCCCCC(NC(=O)C(=O)N1CCN(C)CC1)c1ncc(-c2cc3ccccc3nc2OC)o1. The third-order valence-corrected chi connectivity index (χ3v) is 7.10. The third-order valence-electron chi connectivity index (χ3n) is 7.10. The Balaban J connectivity index is 1.52. The summed E-state index contributed by atoms with van der Waals surface area (Å²) in [5, 5.41) is 3.79. The van der Waals surface area contributed by atoms with E-state index in [0.29, 0.717) is 55.4 Å². The first-order valence-corrected chi connectivity index (χ1v) is 13.6. The summed E-state index contributed by atoms with van der Waals surface area (Å²) in [6, 6.07) is 9.05. The fourth-order valence-electron chi connectivity index (χ4n) is 4.66. The molecule has 10 nitrogen and oxygen atoms in total. The number of aromatic nitrogens is 2. The Morgan fingerprint density at radius 2 is 1.87 bits per heavy atom. The van der Waals surface area contributed by atoms with E-state index in [0.717, 1.165) is 43.3 Å². The van der Waals surface area contributed by atoms with Gasteiger partial charge in [-0.1, -0.05) is 38.0 Å². The predicted octanol–water partition coefficient (Wildman–Crippen LogP) is 3.76. The van der Waals surface area contributed by atoms with Crippen molar-refractivity contribution in [3.8, 4) is 17.2 Å². The molecule has 2 amide bonds. The van der Waals surface area contributed by atoms with Gasteiger partial charge in [-0.2, -0.15) is 0 Å². The van der Waals surface area contributed by atoms with Crippen molar-refractivity contribution in [3.05, 3.63) is 42.4 Å². The van der Waals surface area contributed by atoms with Gasteiger partial charge >= 0.3 is 11.8 Å². The number of pyridine rings is 1. The summed E-state index contributed by atoms with van der Waals surface area (Å²) < 4.78 is 11.7. The maximum atomic E-state index is 13.0. The summed E-state index contributed by atoms with van der Waals surface area (Å²) >= 11 is 0. The van der Waals surface area contributed by atoms with E-state index >= 15 is 0 Å². The van der Waals surface area contributed by atoms with Gasteiger partial charge in [-0.15, -0.1) is 0 Å². The number of ether oxygens (including phenoxy) is 1. The van der Waals surface area contributed by atoms with Crippen molar-refractivity contribution in [2.45, 2.75) is 51.5 Å². The van der Waals surface area contributed by atoms with Crippen LogP contribution in [0, 0.1) is 0 Å². The summed E-state index contributed by atoms with van der Waals surface area (Å²) in [6.45, 7) is 4.34. The minimum absolute atomic E-state index is 0.243. The van der Waals surface area contributed by atoms with Gasteiger partial charge in [-0.3, -0.25) is 14.4 Å². The molecule has 1 saturated heterocycles. The molecule has 1 N–H and O–H groups in total. The molecule has 1 aliphatic heterocycles. The van der Waals surface area contributed by atoms with Gasteiger partial charge in [-0.05, 0) is 32.0 Å². The first-order valence-electron chi connectivity index (χ1n) is 13.6. The average Bonchev–Trinajstić information content (AvgIpc) is 3.45. The molecule has 0 aliphatic carbocycles. The number of Topliss-reactive ketones (excluding diaryl/α,β-unsaturated/α-hetero) is 1. The minimum Gasteiger partial charge on any atom is -0.480 e. The number of ketones is 1. The van der Waals surface area contributed by atoms with Gasteiger partial charge in [0.25, 0.3) is 0 Å². The van der Waals surface area contributed by atoms with Gasteiger partial charge in [-0.25, -0.2) is 9.97 Å². The zero-order valence-electron chi connectivity index (χ0n) is 22.9. The molecule has 1 fully saturated rings. The number of unbranched alkanes of at least 4 members (excludes halogenated alkanes) is 2. The van der Waals surface area contributed by atoms with E-state index in [4.69, 9.17) is 9.15 Å². The Labute approximate surface area is 228 Å². The van der Waals surface area contributed by atoms with Crippen LogP contribution in [0.2, 0.25) is 0 Å². The Morgan fingerprint density at radius 3 is 2.62 bits per heavy atom. The number of likely N-dealkylation sites (N-methyl/N-ethyl adjacent to an activating group) is 1. The number of oxazole rings is 1. The van der Waals surface area contributed by atoms with E-state index < -0.39 is 17.9 Å². The van der Waals surface area contributed by atoms with Crippen LogP contribution in [0.1, 0.15) is 57.4 Å². The number of para-hydroxylation sites is 1. The molecule has 0 saturated carbocycles. The Hall–Kier alpha value is -3.79. The second-order valence-corrected chi connectivity index (χ2v) is 9.91. The van der Waals surface area contributed by atoms with E-state index in [1.54, 1.807) is 18.2 Å². The molecule has 10 heteroatoms. The van der Waals surface area contributed by atoms with Crippen molar-refractivity contribution in [2.75, 3.05) is 40.3 Å². The average molecular weight is 536 g/mol. The summed E-state index contributed by atoms with van der Waals surface area (Å²) in [6.07, 6.45) is 5.54. The number of benzene rings is 1. The number of nitrogens with zero attached hydrogens (tertiary/aromatic N) is 4. The number of methoxy groups -OCH3 is 1. The number of piperazine rings is 1. The van der Waals surface area contributed by atoms with Crippen molar-refractivity contribution in [1.29, 1.82) is 0 Å². The fourth-order valence-corrected chi connectivity index (χ4v) is 4.66.